The molecular formula is C13H16N2O3S. The molecule has 1 saturated heterocycles. The Morgan fingerprint density at radius 3 is 2.74 bits per heavy atom. The predicted octanol–water partition coefficient (Wildman–Crippen LogP) is 2.19. The second kappa shape index (κ2) is 5.13. The first-order chi connectivity index (χ1) is 8.92. The van der Waals surface area contributed by atoms with E-state index in [1.807, 2.05) is 6.92 Å². The van der Waals surface area contributed by atoms with Gasteiger partial charge in [0.2, 0.25) is 5.91 Å². The monoisotopic (exact) mass is 280 g/mol. The van der Waals surface area contributed by atoms with Crippen LogP contribution in [-0.4, -0.2) is 27.5 Å². The molecule has 1 amide bonds. The molecule has 0 spiro atoms. The maximum Gasteiger partial charge on any atom is 0.335 e. The molecule has 0 aliphatic carbocycles. The smallest absolute Gasteiger partial charge is 0.335 e. The van der Waals surface area contributed by atoms with Gasteiger partial charge in [0.1, 0.15) is 0 Å². The average molecular weight is 280 g/mol. The van der Waals surface area contributed by atoms with Crippen LogP contribution in [0.5, 0.6) is 0 Å². The predicted molar refractivity (Wildman–Crippen MR) is 76.5 cm³/mol. The third kappa shape index (κ3) is 2.84. The number of carboxylic acid groups (broad SMARTS) is 1. The molecule has 102 valence electrons. The van der Waals surface area contributed by atoms with Crippen LogP contribution in [0.25, 0.3) is 0 Å². The molecule has 1 aliphatic heterocycles. The fourth-order valence-corrected chi connectivity index (χ4v) is 3.23. The highest BCUT2D eigenvalue weighted by Crippen LogP contribution is 2.38. The summed E-state index contributed by atoms with van der Waals surface area (Å²) < 4.78 is -0.419. The van der Waals surface area contributed by atoms with Crippen molar-refractivity contribution in [3.05, 3.63) is 23.8 Å². The molecule has 0 saturated carbocycles. The van der Waals surface area contributed by atoms with Crippen molar-refractivity contribution in [2.24, 2.45) is 0 Å². The number of thioether (sulfide) groups is 1. The lowest BCUT2D eigenvalue weighted by Crippen LogP contribution is -2.34. The molecule has 0 radical (unpaired) electrons. The topological polar surface area (TPSA) is 92.4 Å². The van der Waals surface area contributed by atoms with Crippen LogP contribution in [-0.2, 0) is 4.79 Å². The molecule has 4 N–H and O–H groups in total. The van der Waals surface area contributed by atoms with E-state index >= 15 is 0 Å². The van der Waals surface area contributed by atoms with E-state index in [4.69, 9.17) is 10.8 Å². The van der Waals surface area contributed by atoms with E-state index in [0.717, 1.165) is 18.6 Å². The number of carboxylic acids is 1. The molecule has 1 aromatic rings. The lowest BCUT2D eigenvalue weighted by molar-refractivity contribution is -0.118. The minimum absolute atomic E-state index is 0.0789. The number of carbonyl (C=O) groups excluding carboxylic acids is 1. The van der Waals surface area contributed by atoms with Gasteiger partial charge in [-0.25, -0.2) is 4.79 Å². The second-order valence-corrected chi connectivity index (χ2v) is 6.34. The highest BCUT2D eigenvalue weighted by atomic mass is 32.2. The van der Waals surface area contributed by atoms with Crippen LogP contribution in [0.2, 0.25) is 0 Å². The summed E-state index contributed by atoms with van der Waals surface area (Å²) in [4.78, 5) is 23.0. The maximum absolute atomic E-state index is 12.2. The number of aromatic carboxylic acids is 1. The number of benzene rings is 1. The van der Waals surface area contributed by atoms with E-state index in [-0.39, 0.29) is 17.2 Å². The summed E-state index contributed by atoms with van der Waals surface area (Å²) in [6.45, 7) is 1.92. The number of rotatable bonds is 3. The number of nitrogens with two attached hydrogens (primary N) is 1. The van der Waals surface area contributed by atoms with E-state index in [9.17, 15) is 9.59 Å². The standard InChI is InChI=1S/C13H16N2O3S/c1-13(5-2-6-19-13)12(18)15-10-4-3-8(11(16)17)7-9(10)14/h3-4,7H,2,5-6,14H2,1H3,(H,15,18)(H,16,17). The van der Waals surface area contributed by atoms with E-state index in [1.165, 1.54) is 18.2 Å². The summed E-state index contributed by atoms with van der Waals surface area (Å²) >= 11 is 1.64. The number of anilines is 2. The molecule has 19 heavy (non-hydrogen) atoms. The van der Waals surface area contributed by atoms with E-state index in [0.29, 0.717) is 5.69 Å². The maximum atomic E-state index is 12.2. The van der Waals surface area contributed by atoms with Gasteiger partial charge in [-0.2, -0.15) is 0 Å². The highest BCUT2D eigenvalue weighted by molar-refractivity contribution is 8.01. The molecule has 1 aromatic carbocycles. The number of hydrogen-bond acceptors (Lipinski definition) is 4. The molecule has 2 rings (SSSR count). The Morgan fingerprint density at radius 1 is 1.47 bits per heavy atom. The number of hydrogen-bond donors (Lipinski definition) is 3. The minimum atomic E-state index is -1.04. The zero-order valence-corrected chi connectivity index (χ0v) is 11.4. The van der Waals surface area contributed by atoms with Gasteiger partial charge in [-0.15, -0.1) is 11.8 Å². The zero-order valence-electron chi connectivity index (χ0n) is 10.6. The Balaban J connectivity index is 2.15. The van der Waals surface area contributed by atoms with Gasteiger partial charge in [0.05, 0.1) is 21.7 Å². The Morgan fingerprint density at radius 2 is 2.21 bits per heavy atom. The van der Waals surface area contributed by atoms with Gasteiger partial charge in [0.15, 0.2) is 0 Å². The van der Waals surface area contributed by atoms with Crippen LogP contribution in [0.4, 0.5) is 11.4 Å². The first kappa shape index (κ1) is 13.7. The highest BCUT2D eigenvalue weighted by Gasteiger charge is 2.37. The average Bonchev–Trinajstić information content (AvgIpc) is 2.80. The molecule has 0 aromatic heterocycles. The summed E-state index contributed by atoms with van der Waals surface area (Å²) in [5.74, 6) is -0.134. The number of nitrogen functional groups attached to an aromatic ring is 1. The number of nitrogens with one attached hydrogen (secondary N) is 1. The van der Waals surface area contributed by atoms with Gasteiger partial charge in [-0.05, 0) is 43.7 Å². The van der Waals surface area contributed by atoms with Crippen LogP contribution < -0.4 is 11.1 Å². The molecule has 6 heteroatoms. The summed E-state index contributed by atoms with van der Waals surface area (Å²) in [6.07, 6.45) is 1.87. The molecule has 1 aliphatic rings. The Bertz CT molecular complexity index is 525. The van der Waals surface area contributed by atoms with Crippen LogP contribution in [0.3, 0.4) is 0 Å². The van der Waals surface area contributed by atoms with Crippen molar-refractivity contribution in [1.29, 1.82) is 0 Å². The van der Waals surface area contributed by atoms with Gasteiger partial charge in [-0.3, -0.25) is 4.79 Å². The van der Waals surface area contributed by atoms with Crippen molar-refractivity contribution in [2.45, 2.75) is 24.5 Å². The molecule has 5 nitrogen and oxygen atoms in total. The van der Waals surface area contributed by atoms with Crippen molar-refractivity contribution >= 4 is 35.0 Å². The second-order valence-electron chi connectivity index (χ2n) is 4.74. The third-order valence-electron chi connectivity index (χ3n) is 3.25. The summed E-state index contributed by atoms with van der Waals surface area (Å²) in [5, 5.41) is 11.6. The lowest BCUT2D eigenvalue weighted by atomic mass is 10.0. The van der Waals surface area contributed by atoms with Crippen molar-refractivity contribution in [3.63, 3.8) is 0 Å². The van der Waals surface area contributed by atoms with Crippen molar-refractivity contribution in [2.75, 3.05) is 16.8 Å². The largest absolute Gasteiger partial charge is 0.478 e. The van der Waals surface area contributed by atoms with Crippen molar-refractivity contribution < 1.29 is 14.7 Å². The molecule has 1 heterocycles. The minimum Gasteiger partial charge on any atom is -0.478 e. The first-order valence-electron chi connectivity index (χ1n) is 6.00. The third-order valence-corrected chi connectivity index (χ3v) is 4.77. The molecule has 1 atom stereocenters. The van der Waals surface area contributed by atoms with Crippen molar-refractivity contribution in [3.8, 4) is 0 Å². The Hall–Kier alpha value is -1.69. The molecular weight excluding hydrogens is 264 g/mol. The molecule has 1 unspecified atom stereocenters. The summed E-state index contributed by atoms with van der Waals surface area (Å²) in [5.41, 5.74) is 6.60. The van der Waals surface area contributed by atoms with E-state index in [1.54, 1.807) is 11.8 Å². The van der Waals surface area contributed by atoms with Crippen LogP contribution in [0.15, 0.2) is 18.2 Å². The fraction of sp³-hybridized carbons (Fsp3) is 0.385. The Labute approximate surface area is 115 Å². The van der Waals surface area contributed by atoms with Gasteiger partial charge >= 0.3 is 5.97 Å². The fourth-order valence-electron chi connectivity index (χ4n) is 2.02. The van der Waals surface area contributed by atoms with Gasteiger partial charge in [0.25, 0.3) is 0 Å². The molecule has 1 fully saturated rings. The number of carbonyl (C=O) groups is 2. The van der Waals surface area contributed by atoms with Crippen molar-refractivity contribution in [1.82, 2.24) is 0 Å². The number of amides is 1. The SMILES string of the molecule is CC1(C(=O)Nc2ccc(C(=O)O)cc2N)CCCS1. The quantitative estimate of drug-likeness (QED) is 0.738. The Kier molecular flexibility index (Phi) is 3.71. The first-order valence-corrected chi connectivity index (χ1v) is 6.99. The lowest BCUT2D eigenvalue weighted by Gasteiger charge is -2.22. The zero-order chi connectivity index (χ0) is 14.0. The summed E-state index contributed by atoms with van der Waals surface area (Å²) in [7, 11) is 0. The summed E-state index contributed by atoms with van der Waals surface area (Å²) in [6, 6.07) is 4.31. The molecule has 0 bridgehead atoms. The van der Waals surface area contributed by atoms with Gasteiger partial charge in [0, 0.05) is 0 Å². The van der Waals surface area contributed by atoms with E-state index in [2.05, 4.69) is 5.32 Å². The van der Waals surface area contributed by atoms with Gasteiger partial charge in [-0.1, -0.05) is 0 Å². The van der Waals surface area contributed by atoms with E-state index < -0.39 is 10.7 Å². The van der Waals surface area contributed by atoms with Crippen LogP contribution in [0.1, 0.15) is 30.1 Å². The normalized spacial score (nSPS) is 22.2. The van der Waals surface area contributed by atoms with Gasteiger partial charge < -0.3 is 16.2 Å². The van der Waals surface area contributed by atoms with Crippen LogP contribution >= 0.6 is 11.8 Å². The van der Waals surface area contributed by atoms with Crippen LogP contribution in [0, 0.1) is 0 Å².